The summed E-state index contributed by atoms with van der Waals surface area (Å²) in [6.45, 7) is 7.00. The van der Waals surface area contributed by atoms with E-state index in [-0.39, 0.29) is 6.42 Å². The molecule has 0 heterocycles. The number of halogens is 1. The summed E-state index contributed by atoms with van der Waals surface area (Å²) in [5.74, 6) is -0.894. The lowest BCUT2D eigenvalue weighted by molar-refractivity contribution is -0.118. The van der Waals surface area contributed by atoms with Crippen molar-refractivity contribution in [3.63, 3.8) is 0 Å². The lowest BCUT2D eigenvalue weighted by Gasteiger charge is -2.23. The molecule has 0 bridgehead atoms. The number of aryl methyl sites for hydroxylation is 1. The van der Waals surface area contributed by atoms with Crippen LogP contribution in [0.2, 0.25) is 0 Å². The minimum Gasteiger partial charge on any atom is -0.444 e. The topological polar surface area (TPSA) is 67.4 Å². The Hall–Kier alpha value is -2.89. The predicted molar refractivity (Wildman–Crippen MR) is 103 cm³/mol. The molecule has 2 rings (SSSR count). The Labute approximate surface area is 158 Å². The quantitative estimate of drug-likeness (QED) is 0.826. The summed E-state index contributed by atoms with van der Waals surface area (Å²) >= 11 is 0. The summed E-state index contributed by atoms with van der Waals surface area (Å²) in [6.07, 6.45) is -0.408. The Bertz CT molecular complexity index is 801. The van der Waals surface area contributed by atoms with Crippen LogP contribution < -0.4 is 10.6 Å². The Morgan fingerprint density at radius 1 is 1.11 bits per heavy atom. The molecular formula is C21H25FN2O3. The fourth-order valence-electron chi connectivity index (χ4n) is 2.46. The molecule has 0 saturated carbocycles. The zero-order chi connectivity index (χ0) is 20.0. The highest BCUT2D eigenvalue weighted by atomic mass is 19.1. The SMILES string of the molecule is Cc1ccc(F)cc1NC(=O)[C@H](Cc1ccccc1)NC(=O)OC(C)(C)C. The molecule has 1 atom stereocenters. The van der Waals surface area contributed by atoms with Crippen LogP contribution in [0.25, 0.3) is 0 Å². The fourth-order valence-corrected chi connectivity index (χ4v) is 2.46. The van der Waals surface area contributed by atoms with Crippen molar-refractivity contribution in [1.82, 2.24) is 5.32 Å². The maximum absolute atomic E-state index is 13.5. The van der Waals surface area contributed by atoms with E-state index in [1.807, 2.05) is 30.3 Å². The minimum atomic E-state index is -0.870. The van der Waals surface area contributed by atoms with Crippen molar-refractivity contribution >= 4 is 17.7 Å². The predicted octanol–water partition coefficient (Wildman–Crippen LogP) is 4.21. The Balaban J connectivity index is 2.18. The Morgan fingerprint density at radius 2 is 1.78 bits per heavy atom. The summed E-state index contributed by atoms with van der Waals surface area (Å²) in [5, 5.41) is 5.30. The van der Waals surface area contributed by atoms with E-state index in [1.54, 1.807) is 33.8 Å². The first-order valence-electron chi connectivity index (χ1n) is 8.74. The van der Waals surface area contributed by atoms with Crippen molar-refractivity contribution in [2.75, 3.05) is 5.32 Å². The molecule has 0 aliphatic rings. The van der Waals surface area contributed by atoms with E-state index in [0.717, 1.165) is 11.1 Å². The van der Waals surface area contributed by atoms with Crippen LogP contribution in [0, 0.1) is 12.7 Å². The van der Waals surface area contributed by atoms with Crippen LogP contribution >= 0.6 is 0 Å². The van der Waals surface area contributed by atoms with Gasteiger partial charge >= 0.3 is 6.09 Å². The molecule has 27 heavy (non-hydrogen) atoms. The van der Waals surface area contributed by atoms with Gasteiger partial charge in [-0.1, -0.05) is 36.4 Å². The first-order chi connectivity index (χ1) is 12.6. The molecule has 0 unspecified atom stereocenters. The molecular weight excluding hydrogens is 347 g/mol. The van der Waals surface area contributed by atoms with Gasteiger partial charge in [-0.25, -0.2) is 9.18 Å². The third-order valence-corrected chi connectivity index (χ3v) is 3.75. The number of carbonyl (C=O) groups excluding carboxylic acids is 2. The second-order valence-corrected chi connectivity index (χ2v) is 7.34. The zero-order valence-electron chi connectivity index (χ0n) is 16.0. The number of hydrogen-bond acceptors (Lipinski definition) is 3. The Morgan fingerprint density at radius 3 is 2.41 bits per heavy atom. The van der Waals surface area contributed by atoms with Crippen LogP contribution in [0.3, 0.4) is 0 Å². The van der Waals surface area contributed by atoms with Gasteiger partial charge in [-0.2, -0.15) is 0 Å². The number of amides is 2. The largest absolute Gasteiger partial charge is 0.444 e. The van der Waals surface area contributed by atoms with Gasteiger partial charge in [-0.15, -0.1) is 0 Å². The molecule has 0 aromatic heterocycles. The number of ether oxygens (including phenoxy) is 1. The number of alkyl carbamates (subject to hydrolysis) is 1. The van der Waals surface area contributed by atoms with Gasteiger partial charge in [0.25, 0.3) is 0 Å². The minimum absolute atomic E-state index is 0.278. The molecule has 2 amide bonds. The average Bonchev–Trinajstić information content (AvgIpc) is 2.57. The third kappa shape index (κ3) is 6.73. The van der Waals surface area contributed by atoms with Crippen LogP contribution in [0.4, 0.5) is 14.9 Å². The smallest absolute Gasteiger partial charge is 0.408 e. The highest BCUT2D eigenvalue weighted by Crippen LogP contribution is 2.17. The summed E-state index contributed by atoms with van der Waals surface area (Å²) in [7, 11) is 0. The number of anilines is 1. The first kappa shape index (κ1) is 20.4. The molecule has 2 aromatic carbocycles. The molecule has 0 saturated heterocycles. The molecule has 0 spiro atoms. The molecule has 2 N–H and O–H groups in total. The van der Waals surface area contributed by atoms with Crippen molar-refractivity contribution in [2.45, 2.75) is 45.8 Å². The lowest BCUT2D eigenvalue weighted by atomic mass is 10.0. The summed E-state index contributed by atoms with van der Waals surface area (Å²) < 4.78 is 18.8. The standard InChI is InChI=1S/C21H25FN2O3/c1-14-10-11-16(22)13-17(14)23-19(25)18(12-15-8-6-5-7-9-15)24-20(26)27-21(2,3)4/h5-11,13,18H,12H2,1-4H3,(H,23,25)(H,24,26)/t18-/m0/s1. The van der Waals surface area contributed by atoms with Crippen molar-refractivity contribution in [3.05, 3.63) is 65.5 Å². The van der Waals surface area contributed by atoms with Gasteiger partial charge in [0.05, 0.1) is 0 Å². The molecule has 144 valence electrons. The van der Waals surface area contributed by atoms with Crippen molar-refractivity contribution in [3.8, 4) is 0 Å². The number of rotatable bonds is 5. The van der Waals surface area contributed by atoms with Crippen LogP contribution in [0.15, 0.2) is 48.5 Å². The monoisotopic (exact) mass is 372 g/mol. The van der Waals surface area contributed by atoms with E-state index in [2.05, 4.69) is 10.6 Å². The second-order valence-electron chi connectivity index (χ2n) is 7.34. The molecule has 0 radical (unpaired) electrons. The van der Waals surface area contributed by atoms with E-state index in [1.165, 1.54) is 12.1 Å². The highest BCUT2D eigenvalue weighted by molar-refractivity contribution is 5.97. The van der Waals surface area contributed by atoms with E-state index < -0.39 is 29.5 Å². The third-order valence-electron chi connectivity index (χ3n) is 3.75. The molecule has 0 fully saturated rings. The first-order valence-corrected chi connectivity index (χ1v) is 8.74. The molecule has 6 heteroatoms. The zero-order valence-corrected chi connectivity index (χ0v) is 16.0. The van der Waals surface area contributed by atoms with Gasteiger partial charge in [0.15, 0.2) is 0 Å². The van der Waals surface area contributed by atoms with Gasteiger partial charge in [-0.3, -0.25) is 4.79 Å². The number of hydrogen-bond donors (Lipinski definition) is 2. The average molecular weight is 372 g/mol. The van der Waals surface area contributed by atoms with E-state index in [4.69, 9.17) is 4.74 Å². The van der Waals surface area contributed by atoms with E-state index in [9.17, 15) is 14.0 Å². The molecule has 0 aliphatic heterocycles. The second kappa shape index (κ2) is 8.66. The summed E-state index contributed by atoms with van der Waals surface area (Å²) in [6, 6.07) is 12.6. The lowest BCUT2D eigenvalue weighted by Crippen LogP contribution is -2.47. The molecule has 0 aliphatic carbocycles. The van der Waals surface area contributed by atoms with Gasteiger partial charge in [-0.05, 0) is 51.0 Å². The van der Waals surface area contributed by atoms with Gasteiger partial charge in [0, 0.05) is 12.1 Å². The normalized spacial score (nSPS) is 12.2. The van der Waals surface area contributed by atoms with Crippen molar-refractivity contribution < 1.29 is 18.7 Å². The maximum atomic E-state index is 13.5. The summed E-state index contributed by atoms with van der Waals surface area (Å²) in [5.41, 5.74) is 1.28. The van der Waals surface area contributed by atoms with Crippen molar-refractivity contribution in [1.29, 1.82) is 0 Å². The maximum Gasteiger partial charge on any atom is 0.408 e. The van der Waals surface area contributed by atoms with Crippen LogP contribution in [0.1, 0.15) is 31.9 Å². The fraction of sp³-hybridized carbons (Fsp3) is 0.333. The van der Waals surface area contributed by atoms with Gasteiger partial charge in [0.2, 0.25) is 5.91 Å². The number of nitrogens with one attached hydrogen (secondary N) is 2. The molecule has 2 aromatic rings. The van der Waals surface area contributed by atoms with Crippen LogP contribution in [0.5, 0.6) is 0 Å². The van der Waals surface area contributed by atoms with Crippen LogP contribution in [-0.2, 0) is 16.0 Å². The van der Waals surface area contributed by atoms with Crippen molar-refractivity contribution in [2.24, 2.45) is 0 Å². The number of benzene rings is 2. The van der Waals surface area contributed by atoms with Crippen LogP contribution in [-0.4, -0.2) is 23.6 Å². The van der Waals surface area contributed by atoms with E-state index >= 15 is 0 Å². The molecule has 5 nitrogen and oxygen atoms in total. The highest BCUT2D eigenvalue weighted by Gasteiger charge is 2.25. The van der Waals surface area contributed by atoms with Gasteiger partial charge < -0.3 is 15.4 Å². The van der Waals surface area contributed by atoms with Gasteiger partial charge in [0.1, 0.15) is 17.5 Å². The Kier molecular flexibility index (Phi) is 6.55. The number of carbonyl (C=O) groups is 2. The summed E-state index contributed by atoms with van der Waals surface area (Å²) in [4.78, 5) is 24.9. The van der Waals surface area contributed by atoms with E-state index in [0.29, 0.717) is 5.69 Å².